The highest BCUT2D eigenvalue weighted by Gasteiger charge is 2.50. The van der Waals surface area contributed by atoms with Gasteiger partial charge in [-0.25, -0.2) is 4.79 Å². The van der Waals surface area contributed by atoms with Crippen molar-refractivity contribution in [2.24, 2.45) is 0 Å². The molecule has 1 aliphatic rings. The number of carbonyl (C=O) groups is 1. The van der Waals surface area contributed by atoms with Gasteiger partial charge in [0.1, 0.15) is 11.3 Å². The van der Waals surface area contributed by atoms with Crippen LogP contribution in [-0.4, -0.2) is 51.6 Å². The Hall–Kier alpha value is -0.785. The summed E-state index contributed by atoms with van der Waals surface area (Å²) in [5.41, 5.74) is -1.44. The average molecular weight is 273 g/mol. The summed E-state index contributed by atoms with van der Waals surface area (Å²) in [5.74, 6) is 0. The highest BCUT2D eigenvalue weighted by atomic mass is 16.6. The number of rotatable bonds is 2. The van der Waals surface area contributed by atoms with Crippen molar-refractivity contribution in [2.75, 3.05) is 0 Å². The molecule has 110 valence electrons. The summed E-state index contributed by atoms with van der Waals surface area (Å²) in [6, 6.07) is -0.426. The summed E-state index contributed by atoms with van der Waals surface area (Å²) >= 11 is 0. The highest BCUT2D eigenvalue weighted by molar-refractivity contribution is 6.41. The van der Waals surface area contributed by atoms with Crippen LogP contribution in [0.5, 0.6) is 0 Å². The molecule has 1 saturated heterocycles. The summed E-state index contributed by atoms with van der Waals surface area (Å²) in [6.07, 6.45) is -0.763. The number of hydrogen-bond acceptors (Lipinski definition) is 5. The molecule has 0 bridgehead atoms. The second-order valence-electron chi connectivity index (χ2n) is 6.40. The van der Waals surface area contributed by atoms with E-state index in [0.717, 1.165) is 0 Å². The van der Waals surface area contributed by atoms with Crippen molar-refractivity contribution in [3.63, 3.8) is 0 Å². The second kappa shape index (κ2) is 5.30. The standard InChI is InChI=1S/C12H24BNO5/c1-8-9(7-13(16)17)14(12(5,6)18-8)10(15)19-11(2,3)4/h8-9,16-17H,7H2,1-6H3. The van der Waals surface area contributed by atoms with E-state index in [9.17, 15) is 4.79 Å². The number of ether oxygens (including phenoxy) is 2. The van der Waals surface area contributed by atoms with Gasteiger partial charge in [-0.1, -0.05) is 0 Å². The van der Waals surface area contributed by atoms with Crippen LogP contribution in [0, 0.1) is 0 Å². The first-order valence-electron chi connectivity index (χ1n) is 6.50. The molecule has 2 N–H and O–H groups in total. The zero-order chi connectivity index (χ0) is 15.0. The van der Waals surface area contributed by atoms with Gasteiger partial charge in [-0.3, -0.25) is 4.90 Å². The minimum absolute atomic E-state index is 0.0316. The van der Waals surface area contributed by atoms with Crippen LogP contribution in [0.1, 0.15) is 41.5 Å². The van der Waals surface area contributed by atoms with Crippen LogP contribution >= 0.6 is 0 Å². The molecule has 1 aliphatic heterocycles. The summed E-state index contributed by atoms with van der Waals surface area (Å²) in [4.78, 5) is 13.7. The topological polar surface area (TPSA) is 79.2 Å². The first-order valence-corrected chi connectivity index (χ1v) is 6.50. The molecule has 1 heterocycles. The molecule has 0 aromatic heterocycles. The molecule has 7 heteroatoms. The van der Waals surface area contributed by atoms with Crippen LogP contribution in [0.2, 0.25) is 6.32 Å². The molecule has 2 atom stereocenters. The van der Waals surface area contributed by atoms with E-state index in [0.29, 0.717) is 0 Å². The fourth-order valence-corrected chi connectivity index (χ4v) is 2.38. The van der Waals surface area contributed by atoms with Gasteiger partial charge in [0.2, 0.25) is 0 Å². The van der Waals surface area contributed by atoms with Crippen molar-refractivity contribution < 1.29 is 24.3 Å². The van der Waals surface area contributed by atoms with Crippen LogP contribution in [-0.2, 0) is 9.47 Å². The zero-order valence-electron chi connectivity index (χ0n) is 12.5. The van der Waals surface area contributed by atoms with Crippen LogP contribution in [0.3, 0.4) is 0 Å². The Balaban J connectivity index is 2.93. The minimum atomic E-state index is -1.49. The van der Waals surface area contributed by atoms with Crippen molar-refractivity contribution >= 4 is 13.2 Å². The molecule has 0 spiro atoms. The SMILES string of the molecule is CC1OC(C)(C)N(C(=O)OC(C)(C)C)C1CB(O)O. The summed E-state index contributed by atoms with van der Waals surface area (Å²) < 4.78 is 11.1. The maximum atomic E-state index is 12.3. The predicted molar refractivity (Wildman–Crippen MR) is 71.5 cm³/mol. The van der Waals surface area contributed by atoms with Crippen molar-refractivity contribution in [3.05, 3.63) is 0 Å². The molecular formula is C12H24BNO5. The van der Waals surface area contributed by atoms with Gasteiger partial charge in [-0.15, -0.1) is 0 Å². The third kappa shape index (κ3) is 4.09. The quantitative estimate of drug-likeness (QED) is 0.739. The van der Waals surface area contributed by atoms with Gasteiger partial charge < -0.3 is 19.5 Å². The molecule has 1 amide bonds. The third-order valence-corrected chi connectivity index (χ3v) is 2.97. The molecule has 0 radical (unpaired) electrons. The van der Waals surface area contributed by atoms with E-state index in [1.807, 2.05) is 0 Å². The first kappa shape index (κ1) is 16.3. The van der Waals surface area contributed by atoms with E-state index < -0.39 is 30.6 Å². The number of carbonyl (C=O) groups excluding carboxylic acids is 1. The molecule has 0 saturated carbocycles. The molecule has 0 aliphatic carbocycles. The molecule has 0 aromatic carbocycles. The lowest BCUT2D eigenvalue weighted by Gasteiger charge is -2.35. The highest BCUT2D eigenvalue weighted by Crippen LogP contribution is 2.35. The van der Waals surface area contributed by atoms with Gasteiger partial charge in [0, 0.05) is 6.32 Å². The lowest BCUT2D eigenvalue weighted by Crippen LogP contribution is -2.51. The van der Waals surface area contributed by atoms with Crippen molar-refractivity contribution in [3.8, 4) is 0 Å². The van der Waals surface area contributed by atoms with Gasteiger partial charge in [0.05, 0.1) is 12.1 Å². The maximum Gasteiger partial charge on any atom is 0.453 e. The van der Waals surface area contributed by atoms with Crippen LogP contribution in [0.4, 0.5) is 4.79 Å². The van der Waals surface area contributed by atoms with E-state index in [4.69, 9.17) is 19.5 Å². The van der Waals surface area contributed by atoms with Crippen molar-refractivity contribution in [1.29, 1.82) is 0 Å². The Bertz CT molecular complexity index is 340. The largest absolute Gasteiger partial charge is 0.453 e. The van der Waals surface area contributed by atoms with E-state index in [2.05, 4.69) is 0 Å². The van der Waals surface area contributed by atoms with E-state index in [1.54, 1.807) is 41.5 Å². The van der Waals surface area contributed by atoms with Gasteiger partial charge in [0.15, 0.2) is 0 Å². The molecule has 6 nitrogen and oxygen atoms in total. The summed E-state index contributed by atoms with van der Waals surface area (Å²) in [7, 11) is -1.49. The van der Waals surface area contributed by atoms with Crippen LogP contribution in [0.25, 0.3) is 0 Å². The fourth-order valence-electron chi connectivity index (χ4n) is 2.38. The Labute approximate surface area is 114 Å². The van der Waals surface area contributed by atoms with Gasteiger partial charge >= 0.3 is 13.2 Å². The van der Waals surface area contributed by atoms with E-state index in [1.165, 1.54) is 4.90 Å². The Morgan fingerprint density at radius 1 is 1.42 bits per heavy atom. The van der Waals surface area contributed by atoms with E-state index >= 15 is 0 Å². The lowest BCUT2D eigenvalue weighted by molar-refractivity contribution is -0.0754. The minimum Gasteiger partial charge on any atom is -0.444 e. The smallest absolute Gasteiger partial charge is 0.444 e. The maximum absolute atomic E-state index is 12.3. The normalized spacial score (nSPS) is 26.4. The first-order chi connectivity index (χ1) is 8.44. The third-order valence-electron chi connectivity index (χ3n) is 2.97. The number of hydrogen-bond donors (Lipinski definition) is 2. The Kier molecular flexibility index (Phi) is 4.54. The number of amides is 1. The van der Waals surface area contributed by atoms with E-state index in [-0.39, 0.29) is 12.4 Å². The van der Waals surface area contributed by atoms with Gasteiger partial charge in [0.25, 0.3) is 0 Å². The van der Waals surface area contributed by atoms with Crippen molar-refractivity contribution in [2.45, 2.75) is 71.3 Å². The predicted octanol–water partition coefficient (Wildman–Crippen LogP) is 1.22. The molecule has 19 heavy (non-hydrogen) atoms. The zero-order valence-corrected chi connectivity index (χ0v) is 12.5. The van der Waals surface area contributed by atoms with Crippen LogP contribution in [0.15, 0.2) is 0 Å². The van der Waals surface area contributed by atoms with Crippen molar-refractivity contribution in [1.82, 2.24) is 4.90 Å². The molecule has 1 rings (SSSR count). The summed E-state index contributed by atoms with van der Waals surface area (Å²) in [5, 5.41) is 18.3. The monoisotopic (exact) mass is 273 g/mol. The van der Waals surface area contributed by atoms with Gasteiger partial charge in [-0.2, -0.15) is 0 Å². The molecular weight excluding hydrogens is 249 g/mol. The Morgan fingerprint density at radius 3 is 2.37 bits per heavy atom. The Morgan fingerprint density at radius 2 is 1.95 bits per heavy atom. The fraction of sp³-hybridized carbons (Fsp3) is 0.917. The molecule has 0 aromatic rings. The number of nitrogens with zero attached hydrogens (tertiary/aromatic N) is 1. The summed E-state index contributed by atoms with van der Waals surface area (Å²) in [6.45, 7) is 10.7. The van der Waals surface area contributed by atoms with Crippen LogP contribution < -0.4 is 0 Å². The second-order valence-corrected chi connectivity index (χ2v) is 6.40. The lowest BCUT2D eigenvalue weighted by atomic mass is 9.80. The van der Waals surface area contributed by atoms with Gasteiger partial charge in [-0.05, 0) is 41.5 Å². The average Bonchev–Trinajstić information content (AvgIpc) is 2.31. The molecule has 1 fully saturated rings. The molecule has 2 unspecified atom stereocenters.